The number of rotatable bonds is 29. The second-order valence-electron chi connectivity index (χ2n) is 19.1. The molecule has 3 aromatic carbocycles. The van der Waals surface area contributed by atoms with Gasteiger partial charge in [-0.25, -0.2) is 24.2 Å². The quantitative estimate of drug-likeness (QED) is 0.0190. The average Bonchev–Trinajstić information content (AvgIpc) is 3.79. The van der Waals surface area contributed by atoms with Crippen molar-refractivity contribution in [3.8, 4) is 0 Å². The van der Waals surface area contributed by atoms with E-state index in [2.05, 4.69) is 15.3 Å². The number of aliphatic imine (C=N–C) groups is 1. The Balaban J connectivity index is 0.970. The summed E-state index contributed by atoms with van der Waals surface area (Å²) >= 11 is 0. The molecule has 2 fully saturated rings. The maximum Gasteiger partial charge on any atom is 0.351 e. The summed E-state index contributed by atoms with van der Waals surface area (Å²) in [5.41, 5.74) is 0.243. The highest BCUT2D eigenvalue weighted by Crippen LogP contribution is 2.36. The van der Waals surface area contributed by atoms with Crippen molar-refractivity contribution in [1.82, 2.24) is 19.8 Å². The largest absolute Gasteiger partial charge is 0.459 e. The molecule has 1 N–H and O–H groups in total. The highest BCUT2D eigenvalue weighted by Gasteiger charge is 2.50. The van der Waals surface area contributed by atoms with Crippen molar-refractivity contribution >= 4 is 47.7 Å². The van der Waals surface area contributed by atoms with E-state index >= 15 is 0 Å². The third kappa shape index (κ3) is 18.3. The Kier molecular flexibility index (Phi) is 23.5. The number of Topliss-reactive ketones (excluding diaryl/α,β-unsaturated/α-hetero) is 1. The van der Waals surface area contributed by atoms with E-state index in [9.17, 15) is 33.6 Å². The van der Waals surface area contributed by atoms with Gasteiger partial charge in [0.25, 0.3) is 0 Å². The Morgan fingerprint density at radius 3 is 1.87 bits per heavy atom. The van der Waals surface area contributed by atoms with Gasteiger partial charge in [-0.3, -0.25) is 14.2 Å². The lowest BCUT2D eigenvalue weighted by molar-refractivity contribution is -0.281. The number of hydrogen-bond donors (Lipinski definition) is 1. The summed E-state index contributed by atoms with van der Waals surface area (Å²) in [7, 11) is 3.59. The van der Waals surface area contributed by atoms with Crippen LogP contribution in [-0.2, 0) is 52.3 Å². The van der Waals surface area contributed by atoms with Crippen molar-refractivity contribution < 1.29 is 66.7 Å². The number of amides is 1. The second kappa shape index (κ2) is 30.6. The second-order valence-corrected chi connectivity index (χ2v) is 19.1. The molecule has 0 bridgehead atoms. The van der Waals surface area contributed by atoms with E-state index in [1.54, 1.807) is 123 Å². The number of carbonyl (C=O) groups excluding carboxylic acids is 6. The van der Waals surface area contributed by atoms with Crippen LogP contribution in [0.15, 0.2) is 113 Å². The summed E-state index contributed by atoms with van der Waals surface area (Å²) < 4.78 is 50.2. The fraction of sp³-hybridized carbons (Fsp3) is 0.491. The molecule has 0 spiro atoms. The van der Waals surface area contributed by atoms with Crippen molar-refractivity contribution in [3.05, 3.63) is 130 Å². The molecular weight excluding hydrogens is 995 g/mol. The first-order valence-electron chi connectivity index (χ1n) is 26.3. The lowest BCUT2D eigenvalue weighted by Crippen LogP contribution is -2.58. The normalized spacial score (nSPS) is 22.0. The van der Waals surface area contributed by atoms with Crippen molar-refractivity contribution in [2.75, 3.05) is 40.5 Å². The molecule has 4 aromatic rings. The minimum absolute atomic E-state index is 0.0419. The third-order valence-electron chi connectivity index (χ3n) is 12.8. The van der Waals surface area contributed by atoms with E-state index in [0.717, 1.165) is 19.3 Å². The van der Waals surface area contributed by atoms with E-state index < -0.39 is 84.6 Å². The van der Waals surface area contributed by atoms with Gasteiger partial charge in [-0.15, -0.1) is 0 Å². The number of nitrogens with zero attached hydrogens (tertiary/aromatic N) is 4. The maximum atomic E-state index is 13.6. The molecule has 1 aromatic heterocycles. The van der Waals surface area contributed by atoms with Crippen LogP contribution in [0.25, 0.3) is 0 Å². The molecule has 414 valence electrons. The molecule has 0 saturated carbocycles. The molecule has 1 amide bonds. The molecule has 6 rings (SSSR count). The van der Waals surface area contributed by atoms with E-state index in [0.29, 0.717) is 37.8 Å². The van der Waals surface area contributed by atoms with Gasteiger partial charge in [0.2, 0.25) is 5.91 Å². The van der Waals surface area contributed by atoms with Crippen LogP contribution in [0, 0.1) is 5.92 Å². The summed E-state index contributed by atoms with van der Waals surface area (Å²) in [6.45, 7) is 5.61. The number of unbranched alkanes of at least 4 members (excludes halogenated alkanes) is 4. The summed E-state index contributed by atoms with van der Waals surface area (Å²) in [6, 6.07) is 26.7. The molecular formula is C57H71N5O15. The summed E-state index contributed by atoms with van der Waals surface area (Å²) in [5.74, 6) is -3.23. The average molecular weight is 1070 g/mol. The van der Waals surface area contributed by atoms with E-state index in [1.807, 2.05) is 6.92 Å². The standard InChI is InChI=1S/C57H71N5O15/c1-6-43-49(75-47(65)30-29-38(2)63)51(52(73-43)62-33-31-45(60-57(62)69)59-37-61(4)5)70-34-20-8-7-19-32-58-46(64)28-18-21-35-71-56-39(3)48(76-54(67)41-24-14-10-15-25-41)50(77-55(68)42-26-16-11-17-27-42)44(74-56)36-72-53(66)40-22-12-9-13-23-40/h9-17,22-27,31,33,37,39,43-44,48-52,56H,6-8,18-21,28-30,32,34-36H2,1-5H3,(H,58,64)/t39-,43-,44-,48-,49+,50+,51?,52-,56-/m1/s1. The first-order chi connectivity index (χ1) is 37.2. The number of benzene rings is 3. The number of carbonyl (C=O) groups is 6. The van der Waals surface area contributed by atoms with Gasteiger partial charge in [-0.05, 0) is 81.5 Å². The van der Waals surface area contributed by atoms with E-state index in [4.69, 9.17) is 37.9 Å². The van der Waals surface area contributed by atoms with Crippen LogP contribution in [0.5, 0.6) is 0 Å². The molecule has 2 saturated heterocycles. The molecule has 9 atom stereocenters. The SMILES string of the molecule is CC[C@H]1O[C@@H](n2ccc(N=CN(C)C)nc2=O)C(OCCCCCCNC(=O)CCCCO[C@@H]2O[C@H](COC(=O)c3ccccc3)[C@H](OC(=O)c3ccccc3)[C@H](OC(=O)c3ccccc3)[C@H]2C)[C@H]1OC(=O)CCC(C)=O. The minimum atomic E-state index is -1.20. The summed E-state index contributed by atoms with van der Waals surface area (Å²) in [4.78, 5) is 101. The van der Waals surface area contributed by atoms with Crippen LogP contribution in [0.4, 0.5) is 5.82 Å². The number of nitrogens with one attached hydrogen (secondary N) is 1. The first-order valence-corrected chi connectivity index (χ1v) is 26.3. The Bertz CT molecular complexity index is 2620. The Morgan fingerprint density at radius 2 is 1.26 bits per heavy atom. The molecule has 20 nitrogen and oxygen atoms in total. The fourth-order valence-electron chi connectivity index (χ4n) is 8.65. The number of hydrogen-bond acceptors (Lipinski definition) is 17. The lowest BCUT2D eigenvalue weighted by atomic mass is 9.91. The van der Waals surface area contributed by atoms with Gasteiger partial charge in [0, 0.05) is 58.8 Å². The molecule has 20 heteroatoms. The fourth-order valence-corrected chi connectivity index (χ4v) is 8.65. The smallest absolute Gasteiger partial charge is 0.351 e. The highest BCUT2D eigenvalue weighted by molar-refractivity contribution is 5.91. The first kappa shape index (κ1) is 59.1. The van der Waals surface area contributed by atoms with Gasteiger partial charge in [0.05, 0.1) is 35.6 Å². The van der Waals surface area contributed by atoms with Gasteiger partial charge in [0.1, 0.15) is 30.7 Å². The Labute approximate surface area is 448 Å². The van der Waals surface area contributed by atoms with Crippen molar-refractivity contribution in [1.29, 1.82) is 0 Å². The summed E-state index contributed by atoms with van der Waals surface area (Å²) in [5, 5.41) is 2.97. The minimum Gasteiger partial charge on any atom is -0.459 e. The van der Waals surface area contributed by atoms with E-state index in [1.165, 1.54) is 24.0 Å². The lowest BCUT2D eigenvalue weighted by Gasteiger charge is -2.44. The van der Waals surface area contributed by atoms with Crippen molar-refractivity contribution in [2.24, 2.45) is 10.9 Å². The van der Waals surface area contributed by atoms with Gasteiger partial charge in [-0.2, -0.15) is 4.98 Å². The molecule has 0 radical (unpaired) electrons. The van der Waals surface area contributed by atoms with Crippen molar-refractivity contribution in [2.45, 2.75) is 134 Å². The van der Waals surface area contributed by atoms with E-state index in [-0.39, 0.29) is 67.7 Å². The topological polar surface area (TPSA) is 239 Å². The number of ketones is 1. The Hall–Kier alpha value is -7.13. The van der Waals surface area contributed by atoms with Gasteiger partial charge < -0.3 is 52.9 Å². The summed E-state index contributed by atoms with van der Waals surface area (Å²) in [6.07, 6.45) is 0.0891. The number of ether oxygens (including phenoxy) is 8. The third-order valence-corrected chi connectivity index (χ3v) is 12.8. The van der Waals surface area contributed by atoms with Crippen LogP contribution in [0.3, 0.4) is 0 Å². The molecule has 2 aliphatic rings. The van der Waals surface area contributed by atoms with Crippen LogP contribution in [0.2, 0.25) is 0 Å². The molecule has 0 aliphatic carbocycles. The molecule has 77 heavy (non-hydrogen) atoms. The van der Waals surface area contributed by atoms with Crippen LogP contribution in [-0.4, -0.2) is 140 Å². The Morgan fingerprint density at radius 1 is 0.675 bits per heavy atom. The zero-order chi connectivity index (χ0) is 55.1. The monoisotopic (exact) mass is 1070 g/mol. The van der Waals surface area contributed by atoms with Crippen LogP contribution < -0.4 is 11.0 Å². The van der Waals surface area contributed by atoms with Crippen molar-refractivity contribution in [3.63, 3.8) is 0 Å². The predicted molar refractivity (Wildman–Crippen MR) is 281 cm³/mol. The van der Waals surface area contributed by atoms with Gasteiger partial charge in [-0.1, -0.05) is 81.3 Å². The van der Waals surface area contributed by atoms with Crippen LogP contribution in [0.1, 0.15) is 122 Å². The molecule has 2 aliphatic heterocycles. The molecule has 3 heterocycles. The highest BCUT2D eigenvalue weighted by atomic mass is 16.7. The van der Waals surface area contributed by atoms with Gasteiger partial charge >= 0.3 is 29.6 Å². The maximum absolute atomic E-state index is 13.6. The predicted octanol–water partition coefficient (Wildman–Crippen LogP) is 6.97. The van der Waals surface area contributed by atoms with Crippen LogP contribution >= 0.6 is 0 Å². The number of aromatic nitrogens is 2. The van der Waals surface area contributed by atoms with Gasteiger partial charge in [0.15, 0.2) is 30.5 Å². The zero-order valence-corrected chi connectivity index (χ0v) is 44.4. The molecule has 1 unspecified atom stereocenters. The zero-order valence-electron chi connectivity index (χ0n) is 44.4. The number of esters is 4.